The number of carbonyl (C=O) groups is 1. The fourth-order valence-electron chi connectivity index (χ4n) is 2.19. The van der Waals surface area contributed by atoms with Crippen molar-refractivity contribution >= 4 is 16.7 Å². The zero-order valence-electron chi connectivity index (χ0n) is 12.4. The van der Waals surface area contributed by atoms with Crippen molar-refractivity contribution in [1.29, 1.82) is 0 Å². The smallest absolute Gasteiger partial charge is 0.224 e. The Labute approximate surface area is 125 Å². The van der Waals surface area contributed by atoms with E-state index in [-0.39, 0.29) is 5.91 Å². The molecule has 4 heteroatoms. The van der Waals surface area contributed by atoms with E-state index in [9.17, 15) is 4.79 Å². The van der Waals surface area contributed by atoms with Gasteiger partial charge in [0.25, 0.3) is 0 Å². The van der Waals surface area contributed by atoms with Crippen molar-refractivity contribution in [2.45, 2.75) is 6.42 Å². The van der Waals surface area contributed by atoms with Crippen LogP contribution in [0, 0.1) is 0 Å². The molecule has 0 fully saturated rings. The van der Waals surface area contributed by atoms with Crippen LogP contribution in [-0.2, 0) is 16.0 Å². The average Bonchev–Trinajstić information content (AvgIpc) is 2.50. The molecule has 2 N–H and O–H groups in total. The largest absolute Gasteiger partial charge is 0.383 e. The number of methoxy groups -OCH3 is 1. The van der Waals surface area contributed by atoms with E-state index in [1.165, 1.54) is 10.8 Å². The zero-order chi connectivity index (χ0) is 14.9. The van der Waals surface area contributed by atoms with E-state index in [4.69, 9.17) is 4.74 Å². The maximum absolute atomic E-state index is 11.9. The van der Waals surface area contributed by atoms with Crippen LogP contribution in [0.2, 0.25) is 0 Å². The maximum atomic E-state index is 11.9. The maximum Gasteiger partial charge on any atom is 0.224 e. The monoisotopic (exact) mass is 286 g/mol. The van der Waals surface area contributed by atoms with Gasteiger partial charge in [0.1, 0.15) is 0 Å². The predicted octanol–water partition coefficient (Wildman–Crippen LogP) is 1.73. The van der Waals surface area contributed by atoms with E-state index in [0.29, 0.717) is 19.6 Å². The molecule has 4 nitrogen and oxygen atoms in total. The molecular weight excluding hydrogens is 264 g/mol. The third-order valence-electron chi connectivity index (χ3n) is 3.29. The van der Waals surface area contributed by atoms with Crippen LogP contribution in [0.3, 0.4) is 0 Å². The first-order chi connectivity index (χ1) is 10.3. The first kappa shape index (κ1) is 15.5. The second-order valence-corrected chi connectivity index (χ2v) is 4.95. The number of fused-ring (bicyclic) bond motifs is 1. The SMILES string of the molecule is COCCNCCNC(=O)Cc1ccc2ccccc2c1. The van der Waals surface area contributed by atoms with Crippen molar-refractivity contribution < 1.29 is 9.53 Å². The molecule has 1 amide bonds. The highest BCUT2D eigenvalue weighted by Crippen LogP contribution is 2.15. The highest BCUT2D eigenvalue weighted by molar-refractivity contribution is 5.85. The molecule has 0 heterocycles. The summed E-state index contributed by atoms with van der Waals surface area (Å²) in [6.45, 7) is 2.88. The number of ether oxygens (including phenoxy) is 1. The van der Waals surface area contributed by atoms with Crippen molar-refractivity contribution in [3.05, 3.63) is 48.0 Å². The lowest BCUT2D eigenvalue weighted by Gasteiger charge is -2.07. The molecule has 0 aromatic heterocycles. The summed E-state index contributed by atoms with van der Waals surface area (Å²) in [6.07, 6.45) is 0.420. The van der Waals surface area contributed by atoms with Crippen LogP contribution < -0.4 is 10.6 Å². The molecule has 0 saturated carbocycles. The third-order valence-corrected chi connectivity index (χ3v) is 3.29. The van der Waals surface area contributed by atoms with E-state index >= 15 is 0 Å². The molecule has 0 aliphatic heterocycles. The Morgan fingerprint density at radius 1 is 1.05 bits per heavy atom. The summed E-state index contributed by atoms with van der Waals surface area (Å²) in [5.41, 5.74) is 1.04. The summed E-state index contributed by atoms with van der Waals surface area (Å²) >= 11 is 0. The Balaban J connectivity index is 1.76. The van der Waals surface area contributed by atoms with Crippen molar-refractivity contribution in [3.63, 3.8) is 0 Å². The first-order valence-corrected chi connectivity index (χ1v) is 7.23. The molecule has 0 radical (unpaired) electrons. The molecule has 2 aromatic carbocycles. The van der Waals surface area contributed by atoms with Gasteiger partial charge in [-0.25, -0.2) is 0 Å². The molecule has 0 unspecified atom stereocenters. The summed E-state index contributed by atoms with van der Waals surface area (Å²) in [5.74, 6) is 0.0545. The van der Waals surface area contributed by atoms with Gasteiger partial charge in [0.05, 0.1) is 13.0 Å². The van der Waals surface area contributed by atoms with E-state index in [1.54, 1.807) is 7.11 Å². The topological polar surface area (TPSA) is 50.4 Å². The van der Waals surface area contributed by atoms with Crippen LogP contribution in [0.5, 0.6) is 0 Å². The van der Waals surface area contributed by atoms with Crippen LogP contribution in [-0.4, -0.2) is 39.3 Å². The molecule has 21 heavy (non-hydrogen) atoms. The number of amides is 1. The van der Waals surface area contributed by atoms with Crippen LogP contribution in [0.15, 0.2) is 42.5 Å². The number of benzene rings is 2. The second-order valence-electron chi connectivity index (χ2n) is 4.95. The van der Waals surface area contributed by atoms with Crippen LogP contribution >= 0.6 is 0 Å². The van der Waals surface area contributed by atoms with E-state index in [0.717, 1.165) is 18.7 Å². The quantitative estimate of drug-likeness (QED) is 0.727. The fourth-order valence-corrected chi connectivity index (χ4v) is 2.19. The Morgan fingerprint density at radius 2 is 1.86 bits per heavy atom. The lowest BCUT2D eigenvalue weighted by atomic mass is 10.1. The van der Waals surface area contributed by atoms with Gasteiger partial charge in [-0.05, 0) is 16.3 Å². The number of hydrogen-bond acceptors (Lipinski definition) is 3. The highest BCUT2D eigenvalue weighted by Gasteiger charge is 2.03. The minimum atomic E-state index is 0.0545. The molecule has 2 rings (SSSR count). The summed E-state index contributed by atoms with van der Waals surface area (Å²) < 4.78 is 4.93. The summed E-state index contributed by atoms with van der Waals surface area (Å²) in [7, 11) is 1.67. The average molecular weight is 286 g/mol. The zero-order valence-corrected chi connectivity index (χ0v) is 12.4. The number of carbonyl (C=O) groups excluding carboxylic acids is 1. The van der Waals surface area contributed by atoms with E-state index in [2.05, 4.69) is 34.9 Å². The number of nitrogens with one attached hydrogen (secondary N) is 2. The summed E-state index contributed by atoms with van der Waals surface area (Å²) in [4.78, 5) is 11.9. The van der Waals surface area contributed by atoms with Crippen LogP contribution in [0.25, 0.3) is 10.8 Å². The second kappa shape index (κ2) is 8.39. The lowest BCUT2D eigenvalue weighted by Crippen LogP contribution is -2.33. The predicted molar refractivity (Wildman–Crippen MR) is 85.4 cm³/mol. The van der Waals surface area contributed by atoms with Gasteiger partial charge in [-0.2, -0.15) is 0 Å². The molecule has 2 aromatic rings. The summed E-state index contributed by atoms with van der Waals surface area (Å²) in [6, 6.07) is 14.3. The molecule has 0 spiro atoms. The van der Waals surface area contributed by atoms with Gasteiger partial charge >= 0.3 is 0 Å². The van der Waals surface area contributed by atoms with Gasteiger partial charge in [-0.1, -0.05) is 42.5 Å². The van der Waals surface area contributed by atoms with E-state index < -0.39 is 0 Å². The van der Waals surface area contributed by atoms with Crippen molar-refractivity contribution in [2.24, 2.45) is 0 Å². The van der Waals surface area contributed by atoms with E-state index in [1.807, 2.05) is 18.2 Å². The van der Waals surface area contributed by atoms with Gasteiger partial charge in [0.15, 0.2) is 0 Å². The van der Waals surface area contributed by atoms with Crippen molar-refractivity contribution in [1.82, 2.24) is 10.6 Å². The lowest BCUT2D eigenvalue weighted by molar-refractivity contribution is -0.120. The van der Waals surface area contributed by atoms with Gasteiger partial charge in [0, 0.05) is 26.7 Å². The molecule has 0 aliphatic rings. The Kier molecular flexibility index (Phi) is 6.19. The van der Waals surface area contributed by atoms with Gasteiger partial charge in [-0.3, -0.25) is 4.79 Å². The standard InChI is InChI=1S/C17H22N2O2/c1-21-11-10-18-8-9-19-17(20)13-14-6-7-15-4-2-3-5-16(15)12-14/h2-7,12,18H,8-11,13H2,1H3,(H,19,20). The molecule has 0 saturated heterocycles. The minimum Gasteiger partial charge on any atom is -0.383 e. The van der Waals surface area contributed by atoms with Crippen molar-refractivity contribution in [3.8, 4) is 0 Å². The normalized spacial score (nSPS) is 10.7. The highest BCUT2D eigenvalue weighted by atomic mass is 16.5. The third kappa shape index (κ3) is 5.17. The van der Waals surface area contributed by atoms with Gasteiger partial charge in [0.2, 0.25) is 5.91 Å². The fraction of sp³-hybridized carbons (Fsp3) is 0.353. The Hall–Kier alpha value is -1.91. The van der Waals surface area contributed by atoms with Crippen molar-refractivity contribution in [2.75, 3.05) is 33.4 Å². The van der Waals surface area contributed by atoms with Crippen LogP contribution in [0.4, 0.5) is 0 Å². The molecule has 112 valence electrons. The van der Waals surface area contributed by atoms with Gasteiger partial charge < -0.3 is 15.4 Å². The summed E-state index contributed by atoms with van der Waals surface area (Å²) in [5, 5.41) is 8.47. The molecule has 0 aliphatic carbocycles. The first-order valence-electron chi connectivity index (χ1n) is 7.23. The van der Waals surface area contributed by atoms with Crippen LogP contribution in [0.1, 0.15) is 5.56 Å². The molecule has 0 bridgehead atoms. The number of hydrogen-bond donors (Lipinski definition) is 2. The Bertz CT molecular complexity index is 584. The minimum absolute atomic E-state index is 0.0545. The molecular formula is C17H22N2O2. The number of rotatable bonds is 8. The Morgan fingerprint density at radius 3 is 2.67 bits per heavy atom. The molecule has 0 atom stereocenters. The van der Waals surface area contributed by atoms with Gasteiger partial charge in [-0.15, -0.1) is 0 Å².